The first-order chi connectivity index (χ1) is 5.90. The molecule has 0 unspecified atom stereocenters. The molecular weight excluding hydrogens is 148 g/mol. The van der Waals surface area contributed by atoms with Crippen molar-refractivity contribution in [3.8, 4) is 0 Å². The van der Waals surface area contributed by atoms with E-state index in [0.29, 0.717) is 6.10 Å². The van der Waals surface area contributed by atoms with E-state index in [4.69, 9.17) is 4.74 Å². The monoisotopic (exact) mass is 162 g/mol. The molecule has 0 aliphatic heterocycles. The quantitative estimate of drug-likeness (QED) is 0.662. The number of hydrogen-bond acceptors (Lipinski definition) is 1. The molecule has 1 saturated carbocycles. The molecule has 0 radical (unpaired) electrons. The van der Waals surface area contributed by atoms with Crippen LogP contribution in [-0.4, -0.2) is 13.2 Å². The van der Waals surface area contributed by atoms with E-state index in [0.717, 1.165) is 5.92 Å². The van der Waals surface area contributed by atoms with Gasteiger partial charge in [-0.1, -0.05) is 30.3 Å². The van der Waals surface area contributed by atoms with Gasteiger partial charge in [-0.3, -0.25) is 0 Å². The highest BCUT2D eigenvalue weighted by molar-refractivity contribution is 5.17. The summed E-state index contributed by atoms with van der Waals surface area (Å²) in [5.74, 6) is 0.775. The first kappa shape index (κ1) is 7.81. The fraction of sp³-hybridized carbons (Fsp3) is 0.455. The molecule has 2 atom stereocenters. The average Bonchev–Trinajstić information content (AvgIpc) is 2.85. The summed E-state index contributed by atoms with van der Waals surface area (Å²) in [4.78, 5) is 0. The SMILES string of the molecule is CO[C@H]1C[C@H]1Cc1ccccc1. The summed E-state index contributed by atoms with van der Waals surface area (Å²) < 4.78 is 5.25. The van der Waals surface area contributed by atoms with Gasteiger partial charge in [-0.2, -0.15) is 0 Å². The third-order valence-corrected chi connectivity index (χ3v) is 2.50. The zero-order valence-electron chi connectivity index (χ0n) is 7.36. The molecule has 0 heterocycles. The van der Waals surface area contributed by atoms with E-state index in [1.165, 1.54) is 18.4 Å². The minimum absolute atomic E-state index is 0.533. The largest absolute Gasteiger partial charge is 0.381 e. The van der Waals surface area contributed by atoms with Gasteiger partial charge in [-0.05, 0) is 24.3 Å². The van der Waals surface area contributed by atoms with Crippen molar-refractivity contribution >= 4 is 0 Å². The molecule has 1 fully saturated rings. The Morgan fingerprint density at radius 1 is 1.33 bits per heavy atom. The van der Waals surface area contributed by atoms with E-state index in [2.05, 4.69) is 30.3 Å². The Kier molecular flexibility index (Phi) is 2.13. The van der Waals surface area contributed by atoms with Crippen molar-refractivity contribution in [2.24, 2.45) is 5.92 Å². The van der Waals surface area contributed by atoms with Crippen LogP contribution in [0.3, 0.4) is 0 Å². The number of methoxy groups -OCH3 is 1. The predicted octanol–water partition coefficient (Wildman–Crippen LogP) is 2.26. The van der Waals surface area contributed by atoms with Crippen LogP contribution in [0, 0.1) is 5.92 Å². The highest BCUT2D eigenvalue weighted by Crippen LogP contribution is 2.35. The first-order valence-corrected chi connectivity index (χ1v) is 4.47. The molecule has 1 heteroatoms. The normalized spacial score (nSPS) is 27.1. The van der Waals surface area contributed by atoms with Crippen molar-refractivity contribution in [1.29, 1.82) is 0 Å². The van der Waals surface area contributed by atoms with Gasteiger partial charge in [-0.15, -0.1) is 0 Å². The molecule has 12 heavy (non-hydrogen) atoms. The average molecular weight is 162 g/mol. The highest BCUT2D eigenvalue weighted by Gasteiger charge is 2.36. The Morgan fingerprint density at radius 2 is 2.08 bits per heavy atom. The van der Waals surface area contributed by atoms with E-state index in [1.807, 2.05) is 0 Å². The van der Waals surface area contributed by atoms with Crippen molar-refractivity contribution in [1.82, 2.24) is 0 Å². The second-order valence-electron chi connectivity index (χ2n) is 3.46. The Labute approximate surface area is 73.4 Å². The minimum Gasteiger partial charge on any atom is -0.381 e. The van der Waals surface area contributed by atoms with Crippen molar-refractivity contribution in [3.63, 3.8) is 0 Å². The van der Waals surface area contributed by atoms with Crippen LogP contribution in [-0.2, 0) is 11.2 Å². The number of rotatable bonds is 3. The summed E-state index contributed by atoms with van der Waals surface area (Å²) in [6, 6.07) is 10.6. The van der Waals surface area contributed by atoms with E-state index < -0.39 is 0 Å². The molecule has 0 amide bonds. The number of benzene rings is 1. The van der Waals surface area contributed by atoms with Crippen LogP contribution >= 0.6 is 0 Å². The summed E-state index contributed by atoms with van der Waals surface area (Å²) in [5, 5.41) is 0. The zero-order chi connectivity index (χ0) is 8.39. The topological polar surface area (TPSA) is 9.23 Å². The van der Waals surface area contributed by atoms with Gasteiger partial charge in [0.25, 0.3) is 0 Å². The maximum absolute atomic E-state index is 5.25. The summed E-state index contributed by atoms with van der Waals surface area (Å²) in [7, 11) is 1.80. The summed E-state index contributed by atoms with van der Waals surface area (Å²) in [6.45, 7) is 0. The summed E-state index contributed by atoms with van der Waals surface area (Å²) in [6.07, 6.45) is 2.95. The molecule has 2 rings (SSSR count). The van der Waals surface area contributed by atoms with Gasteiger partial charge in [0.15, 0.2) is 0 Å². The molecular formula is C11H14O. The predicted molar refractivity (Wildman–Crippen MR) is 49.1 cm³/mol. The molecule has 1 aliphatic rings. The van der Waals surface area contributed by atoms with Crippen LogP contribution in [0.1, 0.15) is 12.0 Å². The van der Waals surface area contributed by atoms with Gasteiger partial charge in [0.2, 0.25) is 0 Å². The molecule has 1 aromatic rings. The van der Waals surface area contributed by atoms with Crippen LogP contribution in [0.2, 0.25) is 0 Å². The maximum Gasteiger partial charge on any atom is 0.0607 e. The summed E-state index contributed by atoms with van der Waals surface area (Å²) >= 11 is 0. The lowest BCUT2D eigenvalue weighted by Crippen LogP contribution is -1.94. The summed E-state index contributed by atoms with van der Waals surface area (Å²) in [5.41, 5.74) is 1.43. The maximum atomic E-state index is 5.25. The lowest BCUT2D eigenvalue weighted by Gasteiger charge is -1.98. The Balaban J connectivity index is 1.89. The van der Waals surface area contributed by atoms with Crippen molar-refractivity contribution in [3.05, 3.63) is 35.9 Å². The van der Waals surface area contributed by atoms with Gasteiger partial charge in [0.05, 0.1) is 6.10 Å². The lowest BCUT2D eigenvalue weighted by molar-refractivity contribution is 0.169. The van der Waals surface area contributed by atoms with Gasteiger partial charge >= 0.3 is 0 Å². The molecule has 1 aromatic carbocycles. The molecule has 0 spiro atoms. The van der Waals surface area contributed by atoms with Crippen LogP contribution in [0.15, 0.2) is 30.3 Å². The Hall–Kier alpha value is -0.820. The van der Waals surface area contributed by atoms with Crippen LogP contribution < -0.4 is 0 Å². The van der Waals surface area contributed by atoms with E-state index in [1.54, 1.807) is 7.11 Å². The van der Waals surface area contributed by atoms with Crippen LogP contribution in [0.4, 0.5) is 0 Å². The van der Waals surface area contributed by atoms with Gasteiger partial charge in [-0.25, -0.2) is 0 Å². The third kappa shape index (κ3) is 1.67. The first-order valence-electron chi connectivity index (χ1n) is 4.47. The van der Waals surface area contributed by atoms with E-state index in [-0.39, 0.29) is 0 Å². The Bertz CT molecular complexity index is 242. The Morgan fingerprint density at radius 3 is 2.67 bits per heavy atom. The van der Waals surface area contributed by atoms with Gasteiger partial charge in [0, 0.05) is 7.11 Å². The molecule has 1 aliphatic carbocycles. The van der Waals surface area contributed by atoms with E-state index in [9.17, 15) is 0 Å². The highest BCUT2D eigenvalue weighted by atomic mass is 16.5. The third-order valence-electron chi connectivity index (χ3n) is 2.50. The van der Waals surface area contributed by atoms with E-state index >= 15 is 0 Å². The zero-order valence-corrected chi connectivity index (χ0v) is 7.36. The molecule has 0 aromatic heterocycles. The van der Waals surface area contributed by atoms with Gasteiger partial charge in [0.1, 0.15) is 0 Å². The number of ether oxygens (including phenoxy) is 1. The standard InChI is InChI=1S/C11H14O/c1-12-11-8-10(11)7-9-5-3-2-4-6-9/h2-6,10-11H,7-8H2,1H3/t10-,11+/m1/s1. The van der Waals surface area contributed by atoms with Crippen LogP contribution in [0.25, 0.3) is 0 Å². The van der Waals surface area contributed by atoms with Crippen LogP contribution in [0.5, 0.6) is 0 Å². The molecule has 0 N–H and O–H groups in total. The minimum atomic E-state index is 0.533. The number of hydrogen-bond donors (Lipinski definition) is 0. The second-order valence-corrected chi connectivity index (χ2v) is 3.46. The molecule has 64 valence electrons. The fourth-order valence-electron chi connectivity index (χ4n) is 1.64. The van der Waals surface area contributed by atoms with Crippen molar-refractivity contribution < 1.29 is 4.74 Å². The van der Waals surface area contributed by atoms with Crippen molar-refractivity contribution in [2.75, 3.05) is 7.11 Å². The molecule has 0 saturated heterocycles. The molecule has 0 bridgehead atoms. The van der Waals surface area contributed by atoms with Gasteiger partial charge < -0.3 is 4.74 Å². The van der Waals surface area contributed by atoms with Crippen molar-refractivity contribution in [2.45, 2.75) is 18.9 Å². The lowest BCUT2D eigenvalue weighted by atomic mass is 10.1. The molecule has 1 nitrogen and oxygen atoms in total. The fourth-order valence-corrected chi connectivity index (χ4v) is 1.64. The second kappa shape index (κ2) is 3.28. The smallest absolute Gasteiger partial charge is 0.0607 e.